The summed E-state index contributed by atoms with van der Waals surface area (Å²) >= 11 is 0. The molecule has 0 fully saturated rings. The number of anilines is 1. The number of para-hydroxylation sites is 1. The molecule has 1 aliphatic rings. The lowest BCUT2D eigenvalue weighted by molar-refractivity contribution is -0.118. The highest BCUT2D eigenvalue weighted by Crippen LogP contribution is 2.34. The second-order valence-corrected chi connectivity index (χ2v) is 7.17. The number of fused-ring (bicyclic) bond motifs is 3. The minimum absolute atomic E-state index is 0.0109. The van der Waals surface area contributed by atoms with Crippen molar-refractivity contribution in [2.45, 2.75) is 46.0 Å². The highest BCUT2D eigenvalue weighted by atomic mass is 16.5. The van der Waals surface area contributed by atoms with Crippen molar-refractivity contribution in [1.82, 2.24) is 0 Å². The van der Waals surface area contributed by atoms with Crippen molar-refractivity contribution < 1.29 is 13.9 Å². The second-order valence-electron chi connectivity index (χ2n) is 7.17. The van der Waals surface area contributed by atoms with E-state index in [0.29, 0.717) is 5.75 Å². The summed E-state index contributed by atoms with van der Waals surface area (Å²) in [4.78, 5) is 12.4. The monoisotopic (exact) mass is 363 g/mol. The number of nitrogens with one attached hydrogen (secondary N) is 1. The van der Waals surface area contributed by atoms with Crippen LogP contribution in [0.3, 0.4) is 0 Å². The van der Waals surface area contributed by atoms with Gasteiger partial charge in [0.25, 0.3) is 5.91 Å². The Kier molecular flexibility index (Phi) is 4.88. The van der Waals surface area contributed by atoms with Crippen LogP contribution in [0.1, 0.15) is 42.2 Å². The predicted octanol–water partition coefficient (Wildman–Crippen LogP) is 5.20. The summed E-state index contributed by atoms with van der Waals surface area (Å²) in [6, 6.07) is 11.9. The number of benzene rings is 2. The van der Waals surface area contributed by atoms with Gasteiger partial charge in [0.05, 0.1) is 0 Å². The molecule has 0 saturated heterocycles. The van der Waals surface area contributed by atoms with Gasteiger partial charge in [-0.2, -0.15) is 0 Å². The third-order valence-electron chi connectivity index (χ3n) is 5.30. The first-order chi connectivity index (χ1) is 13.2. The van der Waals surface area contributed by atoms with E-state index >= 15 is 0 Å². The number of furan rings is 1. The van der Waals surface area contributed by atoms with Crippen LogP contribution in [-0.4, -0.2) is 12.5 Å². The Balaban J connectivity index is 1.46. The maximum Gasteiger partial charge on any atom is 0.262 e. The molecular weight excluding hydrogens is 338 g/mol. The highest BCUT2D eigenvalue weighted by Gasteiger charge is 2.18. The van der Waals surface area contributed by atoms with Gasteiger partial charge in [0.15, 0.2) is 6.61 Å². The Morgan fingerprint density at radius 2 is 2.04 bits per heavy atom. The Labute approximate surface area is 159 Å². The number of carbonyl (C=O) groups is 1. The number of carbonyl (C=O) groups excluding carboxylic acids is 1. The van der Waals surface area contributed by atoms with Crippen LogP contribution in [0.25, 0.3) is 11.0 Å². The first-order valence-corrected chi connectivity index (χ1v) is 9.71. The van der Waals surface area contributed by atoms with E-state index in [9.17, 15) is 4.79 Å². The van der Waals surface area contributed by atoms with Gasteiger partial charge in [-0.1, -0.05) is 25.1 Å². The Bertz CT molecular complexity index is 987. The van der Waals surface area contributed by atoms with Crippen molar-refractivity contribution in [3.63, 3.8) is 0 Å². The molecule has 4 rings (SSSR count). The van der Waals surface area contributed by atoms with Crippen LogP contribution < -0.4 is 10.1 Å². The molecule has 2 aromatic carbocycles. The molecule has 0 saturated carbocycles. The van der Waals surface area contributed by atoms with Gasteiger partial charge < -0.3 is 14.5 Å². The van der Waals surface area contributed by atoms with Gasteiger partial charge in [-0.25, -0.2) is 0 Å². The smallest absolute Gasteiger partial charge is 0.262 e. The van der Waals surface area contributed by atoms with E-state index < -0.39 is 0 Å². The van der Waals surface area contributed by atoms with Gasteiger partial charge in [0.2, 0.25) is 0 Å². The molecule has 4 heteroatoms. The van der Waals surface area contributed by atoms with E-state index in [0.717, 1.165) is 52.8 Å². The zero-order valence-electron chi connectivity index (χ0n) is 15.9. The Morgan fingerprint density at radius 1 is 1.19 bits per heavy atom. The lowest BCUT2D eigenvalue weighted by atomic mass is 9.96. The van der Waals surface area contributed by atoms with E-state index in [2.05, 4.69) is 12.2 Å². The summed E-state index contributed by atoms with van der Waals surface area (Å²) in [5.74, 6) is 1.67. The van der Waals surface area contributed by atoms with E-state index in [1.54, 1.807) is 0 Å². The first kappa shape index (κ1) is 17.7. The summed E-state index contributed by atoms with van der Waals surface area (Å²) in [5, 5.41) is 4.12. The van der Waals surface area contributed by atoms with Gasteiger partial charge in [-0.15, -0.1) is 0 Å². The molecule has 0 atom stereocenters. The normalized spacial score (nSPS) is 13.4. The zero-order chi connectivity index (χ0) is 18.8. The molecule has 0 aliphatic heterocycles. The SMILES string of the molecule is CCc1cccc(C)c1NC(=O)COc1ccc2oc3c(c2c1)CCCC3. The summed E-state index contributed by atoms with van der Waals surface area (Å²) in [6.45, 7) is 4.08. The fraction of sp³-hybridized carbons (Fsp3) is 0.348. The molecule has 0 radical (unpaired) electrons. The minimum atomic E-state index is -0.145. The molecule has 1 N–H and O–H groups in total. The Hall–Kier alpha value is -2.75. The zero-order valence-corrected chi connectivity index (χ0v) is 15.9. The molecular formula is C23H25NO3. The van der Waals surface area contributed by atoms with Crippen molar-refractivity contribution in [2.24, 2.45) is 0 Å². The third kappa shape index (κ3) is 3.57. The quantitative estimate of drug-likeness (QED) is 0.678. The molecule has 27 heavy (non-hydrogen) atoms. The van der Waals surface area contributed by atoms with E-state index in [-0.39, 0.29) is 12.5 Å². The molecule has 0 spiro atoms. The molecule has 140 valence electrons. The van der Waals surface area contributed by atoms with Gasteiger partial charge in [-0.05, 0) is 61.9 Å². The molecule has 4 nitrogen and oxygen atoms in total. The number of ether oxygens (including phenoxy) is 1. The van der Waals surface area contributed by atoms with Gasteiger partial charge in [0.1, 0.15) is 17.1 Å². The van der Waals surface area contributed by atoms with Crippen LogP contribution in [0.15, 0.2) is 40.8 Å². The topological polar surface area (TPSA) is 51.5 Å². The lowest BCUT2D eigenvalue weighted by Gasteiger charge is -2.13. The number of hydrogen-bond donors (Lipinski definition) is 1. The molecule has 0 unspecified atom stereocenters. The van der Waals surface area contributed by atoms with Crippen LogP contribution >= 0.6 is 0 Å². The number of hydrogen-bond acceptors (Lipinski definition) is 3. The largest absolute Gasteiger partial charge is 0.484 e. The van der Waals surface area contributed by atoms with Crippen LogP contribution in [0.5, 0.6) is 5.75 Å². The first-order valence-electron chi connectivity index (χ1n) is 9.71. The summed E-state index contributed by atoms with van der Waals surface area (Å²) in [7, 11) is 0. The number of amides is 1. The van der Waals surface area contributed by atoms with Crippen molar-refractivity contribution in [2.75, 3.05) is 11.9 Å². The van der Waals surface area contributed by atoms with Gasteiger partial charge in [-0.3, -0.25) is 4.79 Å². The number of rotatable bonds is 5. The average Bonchev–Trinajstić information content (AvgIpc) is 3.06. The summed E-state index contributed by atoms with van der Waals surface area (Å²) < 4.78 is 11.7. The average molecular weight is 363 g/mol. The van der Waals surface area contributed by atoms with E-state index in [4.69, 9.17) is 9.15 Å². The molecule has 1 aromatic heterocycles. The fourth-order valence-electron chi connectivity index (χ4n) is 3.86. The van der Waals surface area contributed by atoms with Crippen LogP contribution in [0, 0.1) is 6.92 Å². The van der Waals surface area contributed by atoms with Crippen LogP contribution in [0.4, 0.5) is 5.69 Å². The van der Waals surface area contributed by atoms with Crippen LogP contribution in [-0.2, 0) is 24.1 Å². The van der Waals surface area contributed by atoms with Crippen LogP contribution in [0.2, 0.25) is 0 Å². The molecule has 1 amide bonds. The predicted molar refractivity (Wildman–Crippen MR) is 108 cm³/mol. The standard InChI is InChI=1S/C23H25NO3/c1-3-16-8-6-7-15(2)23(16)24-22(25)14-26-17-11-12-21-19(13-17)18-9-4-5-10-20(18)27-21/h6-8,11-13H,3-5,9-10,14H2,1-2H3,(H,24,25). The van der Waals surface area contributed by atoms with E-state index in [1.165, 1.54) is 18.4 Å². The maximum atomic E-state index is 12.4. The molecule has 1 heterocycles. The summed E-state index contributed by atoms with van der Waals surface area (Å²) in [5.41, 5.74) is 5.31. The van der Waals surface area contributed by atoms with E-state index in [1.807, 2.05) is 43.3 Å². The van der Waals surface area contributed by atoms with Crippen molar-refractivity contribution in [3.05, 3.63) is 58.8 Å². The van der Waals surface area contributed by atoms with Crippen molar-refractivity contribution >= 4 is 22.6 Å². The number of aryl methyl sites for hydroxylation is 4. The van der Waals surface area contributed by atoms with Crippen molar-refractivity contribution in [3.8, 4) is 5.75 Å². The third-order valence-corrected chi connectivity index (χ3v) is 5.30. The fourth-order valence-corrected chi connectivity index (χ4v) is 3.86. The molecule has 0 bridgehead atoms. The van der Waals surface area contributed by atoms with Gasteiger partial charge >= 0.3 is 0 Å². The van der Waals surface area contributed by atoms with Gasteiger partial charge in [0, 0.05) is 23.1 Å². The maximum absolute atomic E-state index is 12.4. The molecule has 1 aliphatic carbocycles. The minimum Gasteiger partial charge on any atom is -0.484 e. The highest BCUT2D eigenvalue weighted by molar-refractivity contribution is 5.93. The Morgan fingerprint density at radius 3 is 2.89 bits per heavy atom. The molecule has 3 aromatic rings. The van der Waals surface area contributed by atoms with Crippen molar-refractivity contribution in [1.29, 1.82) is 0 Å². The second kappa shape index (κ2) is 7.47. The summed E-state index contributed by atoms with van der Waals surface area (Å²) in [6.07, 6.45) is 5.33. The lowest BCUT2D eigenvalue weighted by Crippen LogP contribution is -2.21.